The minimum absolute atomic E-state index is 0.0112. The fourth-order valence-electron chi connectivity index (χ4n) is 5.18. The summed E-state index contributed by atoms with van der Waals surface area (Å²) in [6, 6.07) is 18.6. The van der Waals surface area contributed by atoms with Crippen LogP contribution in [0.2, 0.25) is 0 Å². The molecule has 4 heterocycles. The van der Waals surface area contributed by atoms with Crippen LogP contribution in [0.4, 0.5) is 17.2 Å². The van der Waals surface area contributed by atoms with Crippen molar-refractivity contribution in [3.8, 4) is 23.2 Å². The lowest BCUT2D eigenvalue weighted by Gasteiger charge is -2.43. The Balaban J connectivity index is 1.09. The Bertz CT molecular complexity index is 1310. The van der Waals surface area contributed by atoms with Crippen molar-refractivity contribution in [2.45, 2.75) is 25.0 Å². The third-order valence-corrected chi connectivity index (χ3v) is 8.98. The Kier molecular flexibility index (Phi) is 7.83. The smallest absolute Gasteiger partial charge is 0.161 e. The summed E-state index contributed by atoms with van der Waals surface area (Å²) >= 11 is -0.751. The average molecular weight is 545 g/mol. The molecule has 1 aromatic heterocycles. The van der Waals surface area contributed by atoms with E-state index in [1.54, 1.807) is 18.3 Å². The predicted molar refractivity (Wildman–Crippen MR) is 152 cm³/mol. The van der Waals surface area contributed by atoms with Crippen LogP contribution >= 0.6 is 0 Å². The Labute approximate surface area is 231 Å². The zero-order valence-electron chi connectivity index (χ0n) is 21.8. The highest BCUT2D eigenvalue weighted by Crippen LogP contribution is 2.29. The molecule has 3 saturated heterocycles. The molecule has 0 radical (unpaired) electrons. The van der Waals surface area contributed by atoms with E-state index in [0.29, 0.717) is 40.5 Å². The maximum Gasteiger partial charge on any atom is 0.161 e. The van der Waals surface area contributed by atoms with E-state index < -0.39 is 11.2 Å². The molecule has 202 valence electrons. The van der Waals surface area contributed by atoms with Gasteiger partial charge in [-0.1, -0.05) is 11.2 Å². The summed E-state index contributed by atoms with van der Waals surface area (Å²) in [6.07, 6.45) is 3.18. The van der Waals surface area contributed by atoms with E-state index in [2.05, 4.69) is 55.4 Å². The van der Waals surface area contributed by atoms with E-state index in [1.807, 2.05) is 12.1 Å². The number of piperazine rings is 1. The molecular formula is C29H32N6O3S. The van der Waals surface area contributed by atoms with Gasteiger partial charge in [-0.15, -0.1) is 0 Å². The van der Waals surface area contributed by atoms with E-state index in [4.69, 9.17) is 9.47 Å². The maximum absolute atomic E-state index is 11.6. The summed E-state index contributed by atoms with van der Waals surface area (Å²) in [4.78, 5) is 14.1. The van der Waals surface area contributed by atoms with Crippen LogP contribution in [0.5, 0.6) is 5.75 Å². The second-order valence-corrected chi connectivity index (χ2v) is 11.8. The molecule has 2 aromatic carbocycles. The van der Waals surface area contributed by atoms with E-state index >= 15 is 0 Å². The van der Waals surface area contributed by atoms with Crippen LogP contribution in [0.3, 0.4) is 0 Å². The van der Waals surface area contributed by atoms with Gasteiger partial charge in [0.05, 0.1) is 24.8 Å². The second-order valence-electron chi connectivity index (χ2n) is 10.1. The number of hydrogen-bond donors (Lipinski definition) is 1. The van der Waals surface area contributed by atoms with Crippen molar-refractivity contribution in [2.24, 2.45) is 0 Å². The number of anilines is 3. The minimum atomic E-state index is -0.751. The third-order valence-electron chi connectivity index (χ3n) is 7.60. The standard InChI is InChI=1S/C29H32N6O3S/c30-18-22-17-21(1-6-27(22)38-26-8-15-39(36)16-9-26)29-31-10-7-28(33-29)32-23-2-4-24(5-3-23)34-11-13-35(14-12-34)25-19-37-20-25/h1-7,10,17,25-26H,8-9,11-16,19-20H2,(H,31,32,33)/t26-,39+. The Hall–Kier alpha value is -3.36. The maximum atomic E-state index is 11.6. The molecule has 3 aliphatic rings. The summed E-state index contributed by atoms with van der Waals surface area (Å²) in [6.45, 7) is 5.93. The molecule has 0 amide bonds. The first-order chi connectivity index (χ1) is 19.1. The largest absolute Gasteiger partial charge is 0.616 e. The fourth-order valence-corrected chi connectivity index (χ4v) is 6.43. The van der Waals surface area contributed by atoms with Crippen LogP contribution in [0.15, 0.2) is 54.7 Å². The Morgan fingerprint density at radius 2 is 1.79 bits per heavy atom. The molecule has 10 heteroatoms. The van der Waals surface area contributed by atoms with Gasteiger partial charge in [0.15, 0.2) is 5.82 Å². The molecule has 9 nitrogen and oxygen atoms in total. The first kappa shape index (κ1) is 25.9. The van der Waals surface area contributed by atoms with Crippen molar-refractivity contribution < 1.29 is 14.0 Å². The van der Waals surface area contributed by atoms with Crippen molar-refractivity contribution in [1.29, 1.82) is 5.26 Å². The van der Waals surface area contributed by atoms with Crippen molar-refractivity contribution in [3.63, 3.8) is 0 Å². The van der Waals surface area contributed by atoms with E-state index in [9.17, 15) is 9.81 Å². The highest BCUT2D eigenvalue weighted by molar-refractivity contribution is 7.91. The van der Waals surface area contributed by atoms with Gasteiger partial charge >= 0.3 is 0 Å². The van der Waals surface area contributed by atoms with Gasteiger partial charge in [-0.05, 0) is 48.5 Å². The molecule has 3 aromatic rings. The molecule has 3 fully saturated rings. The van der Waals surface area contributed by atoms with Gasteiger partial charge in [-0.25, -0.2) is 9.97 Å². The van der Waals surface area contributed by atoms with Crippen LogP contribution < -0.4 is 15.0 Å². The topological polar surface area (TPSA) is 110 Å². The summed E-state index contributed by atoms with van der Waals surface area (Å²) < 4.78 is 23.0. The summed E-state index contributed by atoms with van der Waals surface area (Å²) in [7, 11) is 0. The van der Waals surface area contributed by atoms with E-state index in [1.165, 1.54) is 5.69 Å². The zero-order valence-corrected chi connectivity index (χ0v) is 22.6. The number of rotatable bonds is 7. The van der Waals surface area contributed by atoms with Crippen molar-refractivity contribution >= 4 is 28.4 Å². The van der Waals surface area contributed by atoms with E-state index in [0.717, 1.165) is 63.5 Å². The lowest BCUT2D eigenvalue weighted by atomic mass is 10.1. The molecule has 39 heavy (non-hydrogen) atoms. The molecule has 0 spiro atoms. The van der Waals surface area contributed by atoms with Crippen LogP contribution in [0.1, 0.15) is 18.4 Å². The molecule has 3 aliphatic heterocycles. The van der Waals surface area contributed by atoms with Gasteiger partial charge in [-0.3, -0.25) is 4.90 Å². The first-order valence-electron chi connectivity index (χ1n) is 13.5. The molecule has 0 aliphatic carbocycles. The number of nitriles is 1. The summed E-state index contributed by atoms with van der Waals surface area (Å²) in [5, 5.41) is 13.1. The SMILES string of the molecule is N#Cc1cc(-c2nccc(Nc3ccc(N4CCN(C5COC5)CC4)cc3)n2)ccc1O[C@H]1CC[S@@+]([O-])CC1. The summed E-state index contributed by atoms with van der Waals surface area (Å²) in [5.41, 5.74) is 3.36. The van der Waals surface area contributed by atoms with Crippen LogP contribution in [0, 0.1) is 11.3 Å². The minimum Gasteiger partial charge on any atom is -0.616 e. The van der Waals surface area contributed by atoms with Crippen molar-refractivity contribution in [2.75, 3.05) is 61.1 Å². The van der Waals surface area contributed by atoms with Crippen LogP contribution in [-0.2, 0) is 15.9 Å². The summed E-state index contributed by atoms with van der Waals surface area (Å²) in [5.74, 6) is 3.05. The molecule has 0 saturated carbocycles. The first-order valence-corrected chi connectivity index (χ1v) is 15.0. The number of benzene rings is 2. The van der Waals surface area contributed by atoms with Crippen LogP contribution in [-0.4, -0.2) is 82.5 Å². The normalized spacial score (nSPS) is 22.1. The number of nitrogens with one attached hydrogen (secondary N) is 1. The predicted octanol–water partition coefficient (Wildman–Crippen LogP) is 3.57. The molecule has 6 rings (SSSR count). The quantitative estimate of drug-likeness (QED) is 0.447. The highest BCUT2D eigenvalue weighted by atomic mass is 32.2. The Morgan fingerprint density at radius 1 is 1.03 bits per heavy atom. The van der Waals surface area contributed by atoms with Crippen molar-refractivity contribution in [3.05, 3.63) is 60.3 Å². The molecular weight excluding hydrogens is 512 g/mol. The molecule has 1 N–H and O–H groups in total. The molecule has 0 atom stereocenters. The second kappa shape index (κ2) is 11.8. The fraction of sp³-hybridized carbons (Fsp3) is 0.414. The lowest BCUT2D eigenvalue weighted by Crippen LogP contribution is -2.56. The number of hydrogen-bond acceptors (Lipinski definition) is 9. The van der Waals surface area contributed by atoms with Crippen molar-refractivity contribution in [1.82, 2.24) is 14.9 Å². The van der Waals surface area contributed by atoms with Gasteiger partial charge in [0.2, 0.25) is 0 Å². The van der Waals surface area contributed by atoms with Gasteiger partial charge in [-0.2, -0.15) is 5.26 Å². The van der Waals surface area contributed by atoms with Gasteiger partial charge in [0.1, 0.15) is 35.2 Å². The van der Waals surface area contributed by atoms with Gasteiger partial charge < -0.3 is 24.2 Å². The zero-order chi connectivity index (χ0) is 26.6. The number of ether oxygens (including phenoxy) is 2. The van der Waals surface area contributed by atoms with Crippen LogP contribution in [0.25, 0.3) is 11.4 Å². The molecule has 0 unspecified atom stereocenters. The number of nitrogens with zero attached hydrogens (tertiary/aromatic N) is 5. The monoisotopic (exact) mass is 544 g/mol. The third kappa shape index (κ3) is 6.12. The number of aromatic nitrogens is 2. The highest BCUT2D eigenvalue weighted by Gasteiger charge is 2.29. The van der Waals surface area contributed by atoms with Gasteiger partial charge in [0.25, 0.3) is 0 Å². The van der Waals surface area contributed by atoms with E-state index in [-0.39, 0.29) is 6.10 Å². The molecule has 0 bridgehead atoms. The lowest BCUT2D eigenvalue weighted by molar-refractivity contribution is -0.0660. The average Bonchev–Trinajstić information content (AvgIpc) is 2.95. The Morgan fingerprint density at radius 3 is 2.49 bits per heavy atom. The van der Waals surface area contributed by atoms with Gasteiger partial charge in [0, 0.05) is 62.2 Å².